The fraction of sp³-hybridized carbons (Fsp3) is 0.433. The highest BCUT2D eigenvalue weighted by atomic mass is 32.2. The highest BCUT2D eigenvalue weighted by molar-refractivity contribution is 8.00. The number of ether oxygens (including phenoxy) is 1. The van der Waals surface area contributed by atoms with Crippen molar-refractivity contribution in [2.45, 2.75) is 69.6 Å². The number of rotatable bonds is 10. The molecule has 1 aromatic heterocycles. The second kappa shape index (κ2) is 12.7. The largest absolute Gasteiger partial charge is 0.489 e. The third-order valence-electron chi connectivity index (χ3n) is 6.76. The molecule has 4 rings (SSSR count). The van der Waals surface area contributed by atoms with E-state index in [4.69, 9.17) is 20.9 Å². The van der Waals surface area contributed by atoms with Crippen LogP contribution in [0, 0.1) is 12.3 Å². The Bertz CT molecular complexity index is 1300. The maximum Gasteiger partial charge on any atom is 0.231 e. The molecule has 5 N–H and O–H groups in total. The molecule has 1 fully saturated rings. The van der Waals surface area contributed by atoms with E-state index >= 15 is 0 Å². The zero-order chi connectivity index (χ0) is 28.1. The molecule has 1 aliphatic heterocycles. The first kappa shape index (κ1) is 28.7. The molecule has 8 nitrogen and oxygen atoms in total. The fourth-order valence-electron chi connectivity index (χ4n) is 4.87. The number of benzene rings is 2. The van der Waals surface area contributed by atoms with Crippen molar-refractivity contribution < 1.29 is 4.74 Å². The lowest BCUT2D eigenvalue weighted by molar-refractivity contribution is 0.241. The topological polar surface area (TPSA) is 112 Å². The predicted octanol–water partition coefficient (Wildman–Crippen LogP) is 6.95. The number of para-hydroxylation sites is 1. The number of nitrogens with one attached hydrogen (secondary N) is 3. The Hall–Kier alpha value is -3.30. The average Bonchev–Trinajstić information content (AvgIpc) is 2.87. The molecule has 0 aliphatic carbocycles. The van der Waals surface area contributed by atoms with Crippen LogP contribution in [0.4, 0.5) is 29.0 Å². The van der Waals surface area contributed by atoms with Gasteiger partial charge in [-0.15, -0.1) is 11.8 Å². The summed E-state index contributed by atoms with van der Waals surface area (Å²) in [6.45, 7) is 12.7. The summed E-state index contributed by atoms with van der Waals surface area (Å²) < 4.78 is 6.26. The molecule has 39 heavy (non-hydrogen) atoms. The Kier molecular flexibility index (Phi) is 9.35. The van der Waals surface area contributed by atoms with Gasteiger partial charge in [0.05, 0.1) is 23.0 Å². The van der Waals surface area contributed by atoms with E-state index in [-0.39, 0.29) is 11.9 Å². The van der Waals surface area contributed by atoms with Crippen LogP contribution in [0.2, 0.25) is 0 Å². The Morgan fingerprint density at radius 2 is 1.79 bits per heavy atom. The van der Waals surface area contributed by atoms with Gasteiger partial charge in [0.2, 0.25) is 5.95 Å². The average molecular weight is 548 g/mol. The van der Waals surface area contributed by atoms with Crippen molar-refractivity contribution in [3.05, 3.63) is 53.1 Å². The van der Waals surface area contributed by atoms with Crippen LogP contribution in [0.15, 0.2) is 41.3 Å². The highest BCUT2D eigenvalue weighted by Gasteiger charge is 2.23. The van der Waals surface area contributed by atoms with Crippen molar-refractivity contribution >= 4 is 46.9 Å². The first-order chi connectivity index (χ1) is 18.6. The minimum Gasteiger partial charge on any atom is -0.489 e. The van der Waals surface area contributed by atoms with Crippen LogP contribution >= 0.6 is 11.8 Å². The molecular weight excluding hydrogens is 506 g/mol. The van der Waals surface area contributed by atoms with E-state index in [0.29, 0.717) is 28.5 Å². The maximum absolute atomic E-state index is 7.95. The molecule has 0 spiro atoms. The molecule has 0 atom stereocenters. The number of likely N-dealkylation sites (tertiary alicyclic amines) is 1. The minimum atomic E-state index is 0.0112. The van der Waals surface area contributed by atoms with Crippen LogP contribution in [0.3, 0.4) is 0 Å². The van der Waals surface area contributed by atoms with Gasteiger partial charge in [-0.05, 0) is 95.1 Å². The number of hydrogen-bond donors (Lipinski definition) is 4. The fourth-order valence-corrected chi connectivity index (χ4v) is 5.78. The highest BCUT2D eigenvalue weighted by Crippen LogP contribution is 2.38. The lowest BCUT2D eigenvalue weighted by Gasteiger charge is -2.30. The van der Waals surface area contributed by atoms with E-state index in [2.05, 4.69) is 66.5 Å². The van der Waals surface area contributed by atoms with Gasteiger partial charge in [0, 0.05) is 16.4 Å². The molecule has 9 heteroatoms. The number of aryl methyl sites for hydroxylation is 1. The first-order valence-electron chi connectivity index (χ1n) is 13.6. The number of piperidine rings is 1. The van der Waals surface area contributed by atoms with E-state index in [1.165, 1.54) is 17.3 Å². The van der Waals surface area contributed by atoms with Crippen molar-refractivity contribution in [2.24, 2.45) is 0 Å². The Balaban J connectivity index is 1.68. The van der Waals surface area contributed by atoms with E-state index in [9.17, 15) is 0 Å². The molecule has 0 saturated carbocycles. The molecule has 0 unspecified atom stereocenters. The molecule has 1 aliphatic rings. The van der Waals surface area contributed by atoms with Crippen molar-refractivity contribution in [2.75, 3.05) is 36.5 Å². The normalized spacial score (nSPS) is 14.6. The first-order valence-corrected chi connectivity index (χ1v) is 14.5. The van der Waals surface area contributed by atoms with E-state index in [1.54, 1.807) is 11.8 Å². The number of aromatic nitrogens is 2. The van der Waals surface area contributed by atoms with Gasteiger partial charge in [0.1, 0.15) is 17.4 Å². The summed E-state index contributed by atoms with van der Waals surface area (Å²) in [5.74, 6) is 2.33. The zero-order valence-electron chi connectivity index (χ0n) is 23.8. The molecule has 0 amide bonds. The van der Waals surface area contributed by atoms with Crippen molar-refractivity contribution in [1.29, 1.82) is 5.41 Å². The summed E-state index contributed by atoms with van der Waals surface area (Å²) in [5, 5.41) is 15.1. The van der Waals surface area contributed by atoms with Crippen LogP contribution in [0.5, 0.6) is 5.75 Å². The van der Waals surface area contributed by atoms with Crippen LogP contribution in [-0.2, 0) is 0 Å². The number of thioether (sulfide) groups is 1. The molecule has 3 aromatic rings. The second-order valence-electron chi connectivity index (χ2n) is 10.7. The van der Waals surface area contributed by atoms with Gasteiger partial charge in [0.25, 0.3) is 0 Å². The molecular formula is C30H41N7OS. The van der Waals surface area contributed by atoms with Gasteiger partial charge in [-0.1, -0.05) is 26.0 Å². The molecule has 0 bridgehead atoms. The van der Waals surface area contributed by atoms with Gasteiger partial charge < -0.3 is 31.4 Å². The van der Waals surface area contributed by atoms with Crippen LogP contribution < -0.4 is 21.1 Å². The van der Waals surface area contributed by atoms with Gasteiger partial charge in [-0.2, -0.15) is 9.97 Å². The maximum atomic E-state index is 7.95. The second-order valence-corrected chi connectivity index (χ2v) is 12.3. The monoisotopic (exact) mass is 547 g/mol. The summed E-state index contributed by atoms with van der Waals surface area (Å²) in [6.07, 6.45) is 3.48. The third kappa shape index (κ3) is 7.22. The Morgan fingerprint density at radius 1 is 1.08 bits per heavy atom. The lowest BCUT2D eigenvalue weighted by atomic mass is 9.86. The lowest BCUT2D eigenvalue weighted by Crippen LogP contribution is -2.29. The summed E-state index contributed by atoms with van der Waals surface area (Å²) in [4.78, 5) is 12.7. The molecule has 2 heterocycles. The Morgan fingerprint density at radius 3 is 2.46 bits per heavy atom. The molecule has 2 aromatic carbocycles. The summed E-state index contributed by atoms with van der Waals surface area (Å²) in [7, 11) is 2.18. The SMILES string of the molecule is Cc1cc(Nc2nc(N)c(C=N)c(Nc3ccccc3SC(C)C)n2)c(OC(C)C)cc1C1CCN(C)CC1. The van der Waals surface area contributed by atoms with Crippen molar-refractivity contribution in [1.82, 2.24) is 14.9 Å². The number of hydrogen-bond acceptors (Lipinski definition) is 9. The summed E-state index contributed by atoms with van der Waals surface area (Å²) >= 11 is 1.76. The smallest absolute Gasteiger partial charge is 0.231 e. The molecule has 208 valence electrons. The zero-order valence-corrected chi connectivity index (χ0v) is 24.7. The van der Waals surface area contributed by atoms with Crippen molar-refractivity contribution in [3.63, 3.8) is 0 Å². The Labute approximate surface area is 236 Å². The minimum absolute atomic E-state index is 0.0112. The quantitative estimate of drug-likeness (QED) is 0.159. The standard InChI is InChI=1S/C30H41N7OS/c1-18(2)38-26-16-22(21-11-13-37(6)14-12-21)20(5)15-25(26)34-30-35-28(32)23(17-31)29(36-30)33-24-9-7-8-10-27(24)39-19(3)4/h7-10,15-19,21,31H,11-14H2,1-6H3,(H4,32,33,34,35,36). The van der Waals surface area contributed by atoms with Crippen LogP contribution in [-0.4, -0.2) is 52.6 Å². The van der Waals surface area contributed by atoms with E-state index in [0.717, 1.165) is 48.0 Å². The van der Waals surface area contributed by atoms with E-state index < -0.39 is 0 Å². The van der Waals surface area contributed by atoms with Gasteiger partial charge in [0.15, 0.2) is 0 Å². The summed E-state index contributed by atoms with van der Waals surface area (Å²) in [5.41, 5.74) is 11.0. The molecule has 1 saturated heterocycles. The van der Waals surface area contributed by atoms with Crippen LogP contribution in [0.1, 0.15) is 63.1 Å². The molecule has 0 radical (unpaired) electrons. The van der Waals surface area contributed by atoms with Gasteiger partial charge in [-0.3, -0.25) is 0 Å². The number of nitrogens with zero attached hydrogens (tertiary/aromatic N) is 3. The van der Waals surface area contributed by atoms with Gasteiger partial charge >= 0.3 is 0 Å². The third-order valence-corrected chi connectivity index (χ3v) is 7.84. The predicted molar refractivity (Wildman–Crippen MR) is 165 cm³/mol. The number of nitrogen functional groups attached to an aromatic ring is 1. The van der Waals surface area contributed by atoms with Gasteiger partial charge in [-0.25, -0.2) is 0 Å². The summed E-state index contributed by atoms with van der Waals surface area (Å²) in [6, 6.07) is 12.4. The van der Waals surface area contributed by atoms with Crippen LogP contribution in [0.25, 0.3) is 0 Å². The van der Waals surface area contributed by atoms with Crippen molar-refractivity contribution in [3.8, 4) is 5.75 Å². The number of nitrogens with two attached hydrogens (primary N) is 1. The van der Waals surface area contributed by atoms with E-state index in [1.807, 2.05) is 32.0 Å². The number of anilines is 5.